The van der Waals surface area contributed by atoms with E-state index in [4.69, 9.17) is 0 Å². The molecule has 5 heteroatoms. The average molecular weight is 502 g/mol. The third-order valence-electron chi connectivity index (χ3n) is 8.31. The third-order valence-corrected chi connectivity index (χ3v) is 8.31. The fourth-order valence-corrected chi connectivity index (χ4v) is 5.80. The van der Waals surface area contributed by atoms with Gasteiger partial charge in [0.15, 0.2) is 0 Å². The number of hydrogen-bond acceptors (Lipinski definition) is 4. The van der Waals surface area contributed by atoms with Crippen LogP contribution in [-0.4, -0.2) is 45.3 Å². The molecule has 1 saturated heterocycles. The Morgan fingerprint density at radius 3 is 1.78 bits per heavy atom. The zero-order valence-corrected chi connectivity index (χ0v) is 22.0. The molecule has 3 N–H and O–H groups in total. The van der Waals surface area contributed by atoms with Crippen molar-refractivity contribution in [3.05, 3.63) is 107 Å². The number of carboxylic acids is 1. The number of likely N-dealkylation sites (tertiary alicyclic amines) is 1. The normalized spacial score (nSPS) is 17.3. The molecule has 0 saturated carbocycles. The predicted molar refractivity (Wildman–Crippen MR) is 146 cm³/mol. The van der Waals surface area contributed by atoms with E-state index in [9.17, 15) is 20.1 Å². The summed E-state index contributed by atoms with van der Waals surface area (Å²) in [5.74, 6) is -0.818. The molecule has 0 bridgehead atoms. The van der Waals surface area contributed by atoms with Gasteiger partial charge in [-0.2, -0.15) is 0 Å². The Morgan fingerprint density at radius 1 is 0.865 bits per heavy atom. The number of aliphatic hydroxyl groups is 2. The van der Waals surface area contributed by atoms with Crippen molar-refractivity contribution in [1.29, 1.82) is 0 Å². The second-order valence-electron chi connectivity index (χ2n) is 10.8. The lowest BCUT2D eigenvalue weighted by Crippen LogP contribution is -2.48. The van der Waals surface area contributed by atoms with Crippen molar-refractivity contribution in [2.24, 2.45) is 5.92 Å². The van der Waals surface area contributed by atoms with Gasteiger partial charge in [0.2, 0.25) is 0 Å². The van der Waals surface area contributed by atoms with Crippen molar-refractivity contribution in [2.75, 3.05) is 13.1 Å². The van der Waals surface area contributed by atoms with Crippen molar-refractivity contribution in [1.82, 2.24) is 4.90 Å². The van der Waals surface area contributed by atoms with Crippen LogP contribution in [0.1, 0.15) is 68.4 Å². The first kappa shape index (κ1) is 27.1. The Balaban J connectivity index is 1.50. The summed E-state index contributed by atoms with van der Waals surface area (Å²) in [4.78, 5) is 13.9. The molecule has 196 valence electrons. The molecule has 4 rings (SSSR count). The quantitative estimate of drug-likeness (QED) is 0.360. The minimum atomic E-state index is -1.07. The van der Waals surface area contributed by atoms with Gasteiger partial charge >= 0.3 is 5.97 Å². The summed E-state index contributed by atoms with van der Waals surface area (Å²) < 4.78 is 0. The van der Waals surface area contributed by atoms with Crippen LogP contribution in [-0.2, 0) is 15.8 Å². The lowest BCUT2D eigenvalue weighted by Gasteiger charge is -2.45. The van der Waals surface area contributed by atoms with E-state index in [0.717, 1.165) is 49.0 Å². The summed E-state index contributed by atoms with van der Waals surface area (Å²) in [5.41, 5.74) is 1.29. The van der Waals surface area contributed by atoms with E-state index in [1.807, 2.05) is 84.9 Å². The first-order valence-electron chi connectivity index (χ1n) is 13.3. The summed E-state index contributed by atoms with van der Waals surface area (Å²) in [5, 5.41) is 33.0. The number of carboxylic acid groups (broad SMARTS) is 1. The molecule has 37 heavy (non-hydrogen) atoms. The van der Waals surface area contributed by atoms with Crippen LogP contribution in [0, 0.1) is 5.92 Å². The van der Waals surface area contributed by atoms with Gasteiger partial charge in [0, 0.05) is 6.04 Å². The molecular weight excluding hydrogens is 462 g/mol. The highest BCUT2D eigenvalue weighted by Gasteiger charge is 2.42. The van der Waals surface area contributed by atoms with Crippen LogP contribution in [0.15, 0.2) is 84.9 Å². The maximum atomic E-state index is 12.2. The van der Waals surface area contributed by atoms with Gasteiger partial charge in [-0.15, -0.1) is 0 Å². The van der Waals surface area contributed by atoms with Crippen LogP contribution in [0.25, 0.3) is 0 Å². The highest BCUT2D eigenvalue weighted by atomic mass is 16.4. The van der Waals surface area contributed by atoms with Crippen LogP contribution in [0.2, 0.25) is 0 Å². The monoisotopic (exact) mass is 501 g/mol. The number of hydrogen-bond donors (Lipinski definition) is 3. The lowest BCUT2D eigenvalue weighted by atomic mass is 9.72. The van der Waals surface area contributed by atoms with Gasteiger partial charge in [0.05, 0.1) is 11.5 Å². The average Bonchev–Trinajstić information content (AvgIpc) is 2.94. The highest BCUT2D eigenvalue weighted by Crippen LogP contribution is 2.42. The molecule has 1 aliphatic heterocycles. The van der Waals surface area contributed by atoms with Gasteiger partial charge < -0.3 is 15.3 Å². The summed E-state index contributed by atoms with van der Waals surface area (Å²) in [6.45, 7) is 7.03. The molecule has 0 spiro atoms. The molecule has 5 nitrogen and oxygen atoms in total. The number of aliphatic hydroxyl groups excluding tert-OH is 1. The Labute approximate surface area is 220 Å². The number of benzene rings is 3. The maximum Gasteiger partial charge on any atom is 0.313 e. The fourth-order valence-electron chi connectivity index (χ4n) is 5.80. The molecule has 0 aliphatic carbocycles. The van der Waals surface area contributed by atoms with Gasteiger partial charge in [-0.25, -0.2) is 0 Å². The van der Waals surface area contributed by atoms with Crippen molar-refractivity contribution >= 4 is 5.97 Å². The zero-order valence-electron chi connectivity index (χ0n) is 22.0. The number of aliphatic carboxylic acids is 1. The molecule has 3 aromatic carbocycles. The molecule has 1 aliphatic rings. The third kappa shape index (κ3) is 5.35. The van der Waals surface area contributed by atoms with Crippen molar-refractivity contribution in [3.8, 4) is 0 Å². The summed E-state index contributed by atoms with van der Waals surface area (Å²) in [7, 11) is 0. The minimum Gasteiger partial charge on any atom is -0.481 e. The second kappa shape index (κ2) is 11.2. The summed E-state index contributed by atoms with van der Waals surface area (Å²) >= 11 is 0. The Bertz CT molecular complexity index is 1110. The van der Waals surface area contributed by atoms with Crippen LogP contribution in [0.3, 0.4) is 0 Å². The van der Waals surface area contributed by atoms with Crippen LogP contribution < -0.4 is 0 Å². The van der Waals surface area contributed by atoms with Gasteiger partial charge in [-0.1, -0.05) is 91.9 Å². The van der Waals surface area contributed by atoms with Gasteiger partial charge in [0.1, 0.15) is 5.60 Å². The van der Waals surface area contributed by atoms with E-state index in [1.54, 1.807) is 13.8 Å². The minimum absolute atomic E-state index is 0.0548. The van der Waals surface area contributed by atoms with Gasteiger partial charge in [0.25, 0.3) is 0 Å². The van der Waals surface area contributed by atoms with Gasteiger partial charge in [-0.05, 0) is 74.4 Å². The summed E-state index contributed by atoms with van der Waals surface area (Å²) in [6.07, 6.45) is 1.74. The first-order chi connectivity index (χ1) is 17.7. The molecule has 0 aromatic heterocycles. The highest BCUT2D eigenvalue weighted by molar-refractivity contribution is 5.80. The van der Waals surface area contributed by atoms with Crippen LogP contribution in [0.4, 0.5) is 0 Å². The van der Waals surface area contributed by atoms with Crippen LogP contribution >= 0.6 is 0 Å². The van der Waals surface area contributed by atoms with E-state index >= 15 is 0 Å². The SMILES string of the molecule is CCC(C(O)c1ccc(C(C)(C)C(=O)O)cc1)N1CCC(C(O)(c2ccccc2)c2ccccc2)CC1. The number of carbonyl (C=O) groups is 1. The molecule has 1 fully saturated rings. The van der Waals surface area contributed by atoms with E-state index < -0.39 is 23.1 Å². The number of nitrogens with zero attached hydrogens (tertiary/aromatic N) is 1. The van der Waals surface area contributed by atoms with E-state index in [2.05, 4.69) is 11.8 Å². The molecule has 2 unspecified atom stereocenters. The van der Waals surface area contributed by atoms with E-state index in [1.165, 1.54) is 0 Å². The molecule has 0 amide bonds. The van der Waals surface area contributed by atoms with Crippen molar-refractivity contribution in [2.45, 2.75) is 63.2 Å². The first-order valence-corrected chi connectivity index (χ1v) is 13.3. The van der Waals surface area contributed by atoms with Crippen molar-refractivity contribution < 1.29 is 20.1 Å². The van der Waals surface area contributed by atoms with Gasteiger partial charge in [-0.3, -0.25) is 9.69 Å². The predicted octanol–water partition coefficient (Wildman–Crippen LogP) is 5.51. The molecule has 3 aromatic rings. The molecule has 0 radical (unpaired) electrons. The molecule has 2 atom stereocenters. The number of piperidine rings is 1. The fraction of sp³-hybridized carbons (Fsp3) is 0.406. The Kier molecular flexibility index (Phi) is 8.17. The largest absolute Gasteiger partial charge is 0.481 e. The Hall–Kier alpha value is -2.99. The van der Waals surface area contributed by atoms with E-state index in [-0.39, 0.29) is 12.0 Å². The number of rotatable bonds is 9. The molecule has 1 heterocycles. The zero-order chi connectivity index (χ0) is 26.6. The van der Waals surface area contributed by atoms with Crippen LogP contribution in [0.5, 0.6) is 0 Å². The smallest absolute Gasteiger partial charge is 0.313 e. The molecular formula is C32H39NO4. The second-order valence-corrected chi connectivity index (χ2v) is 10.8. The lowest BCUT2D eigenvalue weighted by molar-refractivity contribution is -0.142. The van der Waals surface area contributed by atoms with E-state index in [0.29, 0.717) is 5.56 Å². The topological polar surface area (TPSA) is 81.0 Å². The standard InChI is InChI=1S/C32H39NO4/c1-4-28(29(34)23-15-17-24(18-16-23)31(2,3)30(35)36)33-21-19-27(20-22-33)32(37,25-11-7-5-8-12-25)26-13-9-6-10-14-26/h5-18,27-29,34,37H,4,19-22H2,1-3H3,(H,35,36). The maximum absolute atomic E-state index is 12.2. The summed E-state index contributed by atoms with van der Waals surface area (Å²) in [6, 6.07) is 27.1. The van der Waals surface area contributed by atoms with Crippen molar-refractivity contribution in [3.63, 3.8) is 0 Å². The Morgan fingerprint density at radius 2 is 1.35 bits per heavy atom.